The fourth-order valence-corrected chi connectivity index (χ4v) is 5.39. The first-order valence-electron chi connectivity index (χ1n) is 17.9. The van der Waals surface area contributed by atoms with Crippen LogP contribution >= 0.6 is 0 Å². The zero-order valence-corrected chi connectivity index (χ0v) is 29.2. The lowest BCUT2D eigenvalue weighted by Crippen LogP contribution is -2.61. The minimum Gasteiger partial charge on any atom is -0.457 e. The molecule has 14 heteroatoms. The number of rotatable bonds is 25. The Bertz CT molecular complexity index is 917. The summed E-state index contributed by atoms with van der Waals surface area (Å²) in [6.45, 7) is 2.99. The molecule has 2 fully saturated rings. The highest BCUT2D eigenvalue weighted by Gasteiger charge is 2.47. The van der Waals surface area contributed by atoms with Crippen LogP contribution in [0.5, 0.6) is 0 Å². The Kier molecular flexibility index (Phi) is 22.6. The summed E-state index contributed by atoms with van der Waals surface area (Å²) in [5, 5.41) is 70.9. The van der Waals surface area contributed by atoms with Gasteiger partial charge in [-0.2, -0.15) is 0 Å². The van der Waals surface area contributed by atoms with E-state index in [1.807, 2.05) is 0 Å². The van der Waals surface area contributed by atoms with Gasteiger partial charge in [0.25, 0.3) is 0 Å². The van der Waals surface area contributed by atoms with E-state index in [9.17, 15) is 40.5 Å². The Balaban J connectivity index is 1.70. The van der Waals surface area contributed by atoms with Crippen LogP contribution in [0.1, 0.15) is 90.9 Å². The number of aliphatic hydroxyl groups is 7. The average Bonchev–Trinajstić information content (AvgIpc) is 3.10. The Morgan fingerprint density at radius 1 is 0.673 bits per heavy atom. The summed E-state index contributed by atoms with van der Waals surface area (Å²) in [6.07, 6.45) is 5.21. The second kappa shape index (κ2) is 25.4. The lowest BCUT2D eigenvalue weighted by atomic mass is 9.98. The number of ether oxygens (including phenoxy) is 6. The third-order valence-electron chi connectivity index (χ3n) is 8.52. The fourth-order valence-electron chi connectivity index (χ4n) is 5.39. The van der Waals surface area contributed by atoms with E-state index in [0.29, 0.717) is 6.61 Å². The van der Waals surface area contributed by atoms with Crippen molar-refractivity contribution in [2.24, 2.45) is 0 Å². The van der Waals surface area contributed by atoms with Crippen molar-refractivity contribution in [3.8, 4) is 0 Å². The lowest BCUT2D eigenvalue weighted by molar-refractivity contribution is -0.332. The second-order valence-corrected chi connectivity index (χ2v) is 12.6. The van der Waals surface area contributed by atoms with Crippen LogP contribution in [-0.4, -0.2) is 142 Å². The summed E-state index contributed by atoms with van der Waals surface area (Å²) in [5.41, 5.74) is 0. The molecule has 0 aromatic carbocycles. The number of carbonyl (C=O) groups is 1. The molecule has 14 nitrogen and oxygen atoms in total. The number of carbonyl (C=O) groups excluding carboxylic acids is 1. The van der Waals surface area contributed by atoms with Gasteiger partial charge >= 0.3 is 5.97 Å². The first kappa shape index (κ1) is 43.6. The van der Waals surface area contributed by atoms with Gasteiger partial charge in [-0.05, 0) is 32.1 Å². The van der Waals surface area contributed by atoms with E-state index in [2.05, 4.69) is 31.2 Å². The SMILES string of the molecule is CCCC/C=C\C/C=C\CCCCCCCCOCC(COC1OC(COC2OC(CO)C(O)C(O)C2O)C(O)C(O)C1O)OC(=O)CC. The first-order valence-corrected chi connectivity index (χ1v) is 17.9. The van der Waals surface area contributed by atoms with Gasteiger partial charge in [-0.25, -0.2) is 0 Å². The van der Waals surface area contributed by atoms with Crippen molar-refractivity contribution in [3.63, 3.8) is 0 Å². The predicted molar refractivity (Wildman–Crippen MR) is 178 cm³/mol. The van der Waals surface area contributed by atoms with Crippen molar-refractivity contribution < 1.29 is 69.0 Å². The topological polar surface area (TPSA) is 214 Å². The molecular weight excluding hydrogens is 644 g/mol. The standard InChI is InChI=1S/C35H62O14/c1-3-5-6-7-8-9-10-11-12-13-14-15-16-17-18-19-44-21-24(47-27(37)4-2)22-45-34-33(43)31(41)29(39)26(49-34)23-46-35-32(42)30(40)28(38)25(20-36)48-35/h7-8,10-11,24-26,28-36,38-43H,3-6,9,12-23H2,1-2H3/b8-7-,11-10-. The van der Waals surface area contributed by atoms with Crippen molar-refractivity contribution in [2.45, 2.75) is 158 Å². The van der Waals surface area contributed by atoms with Crippen LogP contribution < -0.4 is 0 Å². The van der Waals surface area contributed by atoms with E-state index >= 15 is 0 Å². The van der Waals surface area contributed by atoms with E-state index in [0.717, 1.165) is 44.9 Å². The highest BCUT2D eigenvalue weighted by molar-refractivity contribution is 5.69. The highest BCUT2D eigenvalue weighted by Crippen LogP contribution is 2.26. The summed E-state index contributed by atoms with van der Waals surface area (Å²) in [7, 11) is 0. The summed E-state index contributed by atoms with van der Waals surface area (Å²) in [6, 6.07) is 0. The van der Waals surface area contributed by atoms with E-state index in [1.54, 1.807) is 6.92 Å². The molecular formula is C35H62O14. The predicted octanol–water partition coefficient (Wildman–Crippen LogP) is 1.39. The van der Waals surface area contributed by atoms with Crippen LogP contribution in [0.15, 0.2) is 24.3 Å². The molecule has 0 saturated carbocycles. The number of aliphatic hydroxyl groups excluding tert-OH is 7. The van der Waals surface area contributed by atoms with Crippen molar-refractivity contribution in [3.05, 3.63) is 24.3 Å². The molecule has 2 aliphatic rings. The van der Waals surface area contributed by atoms with E-state index in [1.165, 1.54) is 25.7 Å². The van der Waals surface area contributed by atoms with Crippen molar-refractivity contribution >= 4 is 5.97 Å². The summed E-state index contributed by atoms with van der Waals surface area (Å²) in [5.74, 6) is -0.471. The van der Waals surface area contributed by atoms with Gasteiger partial charge in [0.2, 0.25) is 0 Å². The molecule has 2 aliphatic heterocycles. The molecule has 0 aromatic rings. The number of allylic oxidation sites excluding steroid dienone is 4. The minimum atomic E-state index is -1.70. The minimum absolute atomic E-state index is 0.0451. The molecule has 11 atom stereocenters. The normalized spacial score (nSPS) is 31.4. The molecule has 0 aromatic heterocycles. The van der Waals surface area contributed by atoms with Gasteiger partial charge in [0.15, 0.2) is 12.6 Å². The monoisotopic (exact) mass is 706 g/mol. The van der Waals surface area contributed by atoms with Crippen LogP contribution in [0.2, 0.25) is 0 Å². The average molecular weight is 707 g/mol. The van der Waals surface area contributed by atoms with E-state index in [-0.39, 0.29) is 19.6 Å². The van der Waals surface area contributed by atoms with Gasteiger partial charge in [-0.3, -0.25) is 4.79 Å². The first-order chi connectivity index (χ1) is 23.6. The second-order valence-electron chi connectivity index (χ2n) is 12.6. The smallest absolute Gasteiger partial charge is 0.305 e. The van der Waals surface area contributed by atoms with Gasteiger partial charge in [0, 0.05) is 13.0 Å². The maximum absolute atomic E-state index is 12.0. The molecule has 0 spiro atoms. The highest BCUT2D eigenvalue weighted by atomic mass is 16.7. The maximum Gasteiger partial charge on any atom is 0.305 e. The van der Waals surface area contributed by atoms with Gasteiger partial charge in [0.05, 0.1) is 26.4 Å². The third kappa shape index (κ3) is 16.1. The summed E-state index contributed by atoms with van der Waals surface area (Å²) < 4.78 is 33.2. The lowest BCUT2D eigenvalue weighted by Gasteiger charge is -2.42. The van der Waals surface area contributed by atoms with E-state index in [4.69, 9.17) is 28.4 Å². The molecule has 7 N–H and O–H groups in total. The Hall–Kier alpha value is -1.53. The van der Waals surface area contributed by atoms with Gasteiger partial charge in [-0.1, -0.05) is 76.7 Å². The van der Waals surface area contributed by atoms with Gasteiger partial charge < -0.3 is 64.2 Å². The van der Waals surface area contributed by atoms with Gasteiger partial charge in [-0.15, -0.1) is 0 Å². The summed E-state index contributed by atoms with van der Waals surface area (Å²) in [4.78, 5) is 12.0. The van der Waals surface area contributed by atoms with Crippen molar-refractivity contribution in [2.75, 3.05) is 33.0 Å². The van der Waals surface area contributed by atoms with E-state index < -0.39 is 86.7 Å². The molecule has 11 unspecified atom stereocenters. The molecule has 0 bridgehead atoms. The number of hydrogen-bond donors (Lipinski definition) is 7. The van der Waals surface area contributed by atoms with Crippen LogP contribution in [0.4, 0.5) is 0 Å². The Morgan fingerprint density at radius 2 is 1.24 bits per heavy atom. The summed E-state index contributed by atoms with van der Waals surface area (Å²) >= 11 is 0. The van der Waals surface area contributed by atoms with Crippen LogP contribution in [0.3, 0.4) is 0 Å². The number of unbranched alkanes of at least 4 members (excludes halogenated alkanes) is 8. The molecule has 2 saturated heterocycles. The quantitative estimate of drug-likeness (QED) is 0.0406. The molecule has 2 heterocycles. The van der Waals surface area contributed by atoms with Crippen molar-refractivity contribution in [1.82, 2.24) is 0 Å². The third-order valence-corrected chi connectivity index (χ3v) is 8.52. The fraction of sp³-hybridized carbons (Fsp3) is 0.857. The molecule has 0 radical (unpaired) electrons. The molecule has 0 amide bonds. The Labute approximate surface area is 290 Å². The molecule has 2 rings (SSSR count). The largest absolute Gasteiger partial charge is 0.457 e. The Morgan fingerprint density at radius 3 is 1.88 bits per heavy atom. The van der Waals surface area contributed by atoms with Crippen molar-refractivity contribution in [1.29, 1.82) is 0 Å². The molecule has 286 valence electrons. The number of esters is 1. The molecule has 49 heavy (non-hydrogen) atoms. The maximum atomic E-state index is 12.0. The van der Waals surface area contributed by atoms with Crippen LogP contribution in [-0.2, 0) is 33.2 Å². The molecule has 0 aliphatic carbocycles. The van der Waals surface area contributed by atoms with Crippen LogP contribution in [0.25, 0.3) is 0 Å². The van der Waals surface area contributed by atoms with Crippen LogP contribution in [0, 0.1) is 0 Å². The zero-order chi connectivity index (χ0) is 36.0. The zero-order valence-electron chi connectivity index (χ0n) is 29.2. The number of hydrogen-bond acceptors (Lipinski definition) is 14. The van der Waals surface area contributed by atoms with Gasteiger partial charge in [0.1, 0.15) is 54.9 Å².